The molecule has 2 rings (SSSR count). The highest BCUT2D eigenvalue weighted by molar-refractivity contribution is 5.49. The Balaban J connectivity index is 2.22. The summed E-state index contributed by atoms with van der Waals surface area (Å²) in [6.45, 7) is 28.7. The van der Waals surface area contributed by atoms with Gasteiger partial charge in [-0.25, -0.2) is 0 Å². The average molecular weight is 523 g/mol. The van der Waals surface area contributed by atoms with Crippen LogP contribution in [0.25, 0.3) is 0 Å². The van der Waals surface area contributed by atoms with E-state index < -0.39 is 0 Å². The number of likely N-dealkylation sites (N-methyl/N-ethyl adjacent to an activating group) is 2. The van der Waals surface area contributed by atoms with E-state index in [0.717, 1.165) is 35.3 Å². The van der Waals surface area contributed by atoms with Crippen LogP contribution in [0.4, 0.5) is 0 Å². The third-order valence-corrected chi connectivity index (χ3v) is 7.42. The molecular weight excluding hydrogens is 468 g/mol. The monoisotopic (exact) mass is 522 g/mol. The molecule has 0 aliphatic carbocycles. The molecule has 0 aliphatic rings. The van der Waals surface area contributed by atoms with Crippen LogP contribution in [0.2, 0.25) is 0 Å². The van der Waals surface area contributed by atoms with Crippen molar-refractivity contribution in [3.63, 3.8) is 0 Å². The fraction of sp³-hybridized carbons (Fsp3) is 0.647. The summed E-state index contributed by atoms with van der Waals surface area (Å²) in [7, 11) is 4.15. The van der Waals surface area contributed by atoms with Gasteiger partial charge in [0, 0.05) is 26.2 Å². The van der Waals surface area contributed by atoms with Gasteiger partial charge in [0.25, 0.3) is 0 Å². The summed E-state index contributed by atoms with van der Waals surface area (Å²) in [5.74, 6) is 0.325. The minimum Gasteiger partial charge on any atom is -0.872 e. The summed E-state index contributed by atoms with van der Waals surface area (Å²) in [6, 6.07) is 8.43. The molecule has 38 heavy (non-hydrogen) atoms. The lowest BCUT2D eigenvalue weighted by Crippen LogP contribution is -2.31. The molecule has 0 unspecified atom stereocenters. The van der Waals surface area contributed by atoms with E-state index in [4.69, 9.17) is 0 Å². The van der Waals surface area contributed by atoms with Gasteiger partial charge in [-0.3, -0.25) is 0 Å². The maximum absolute atomic E-state index is 13.4. The minimum atomic E-state index is -0.199. The maximum Gasteiger partial charge on any atom is 0.0225 e. The SMILES string of the molecule is CN(CCN(C)Cc1cc(C(C)(C)C)cc(C(C)(C)C)c1[O-])Cc1cc(C(C)(C)C)cc(C(C)(C)C)c1[O-]. The summed E-state index contributed by atoms with van der Waals surface area (Å²) in [4.78, 5) is 4.44. The van der Waals surface area contributed by atoms with E-state index in [1.807, 2.05) is 0 Å². The van der Waals surface area contributed by atoms with Crippen LogP contribution < -0.4 is 10.2 Å². The Morgan fingerprint density at radius 2 is 0.789 bits per heavy atom. The van der Waals surface area contributed by atoms with Gasteiger partial charge >= 0.3 is 0 Å². The highest BCUT2D eigenvalue weighted by atomic mass is 16.3. The van der Waals surface area contributed by atoms with Crippen molar-refractivity contribution in [2.45, 2.75) is 118 Å². The summed E-state index contributed by atoms with van der Waals surface area (Å²) in [6.07, 6.45) is 0. The second-order valence-electron chi connectivity index (χ2n) is 15.5. The van der Waals surface area contributed by atoms with Crippen LogP contribution in [0.15, 0.2) is 24.3 Å². The molecule has 0 saturated heterocycles. The predicted molar refractivity (Wildman–Crippen MR) is 159 cm³/mol. The minimum absolute atomic E-state index is 0.0230. The maximum atomic E-state index is 13.4. The first-order valence-electron chi connectivity index (χ1n) is 14.1. The van der Waals surface area contributed by atoms with E-state index in [1.165, 1.54) is 11.1 Å². The first kappa shape index (κ1) is 32.2. The molecule has 0 amide bonds. The Labute approximate surface area is 234 Å². The number of benzene rings is 2. The molecule has 0 heterocycles. The van der Waals surface area contributed by atoms with Crippen molar-refractivity contribution in [1.82, 2.24) is 9.80 Å². The van der Waals surface area contributed by atoms with Gasteiger partial charge in [-0.15, -0.1) is 11.5 Å². The van der Waals surface area contributed by atoms with Gasteiger partial charge in [0.1, 0.15) is 0 Å². The molecule has 0 bridgehead atoms. The van der Waals surface area contributed by atoms with E-state index >= 15 is 0 Å². The molecular formula is C34H54N2O2-2. The van der Waals surface area contributed by atoms with Gasteiger partial charge in [0.15, 0.2) is 0 Å². The lowest BCUT2D eigenvalue weighted by molar-refractivity contribution is -0.272. The first-order chi connectivity index (χ1) is 17.0. The molecule has 0 N–H and O–H groups in total. The average Bonchev–Trinajstić information content (AvgIpc) is 2.71. The van der Waals surface area contributed by atoms with E-state index in [2.05, 4.69) is 131 Å². The van der Waals surface area contributed by atoms with Crippen LogP contribution in [0.3, 0.4) is 0 Å². The normalized spacial score (nSPS) is 13.6. The smallest absolute Gasteiger partial charge is 0.0225 e. The van der Waals surface area contributed by atoms with Crippen LogP contribution in [-0.2, 0) is 34.7 Å². The highest BCUT2D eigenvalue weighted by Gasteiger charge is 2.23. The van der Waals surface area contributed by atoms with Crippen molar-refractivity contribution >= 4 is 0 Å². The molecule has 0 spiro atoms. The van der Waals surface area contributed by atoms with Gasteiger partial charge in [-0.05, 0) is 69.1 Å². The molecule has 4 nitrogen and oxygen atoms in total. The Kier molecular flexibility index (Phi) is 9.50. The summed E-state index contributed by atoms with van der Waals surface area (Å²) in [5.41, 5.74) is 5.48. The van der Waals surface area contributed by atoms with Crippen LogP contribution >= 0.6 is 0 Å². The molecule has 4 heteroatoms. The Morgan fingerprint density at radius 3 is 1.03 bits per heavy atom. The van der Waals surface area contributed by atoms with Gasteiger partial charge in [0.05, 0.1) is 0 Å². The largest absolute Gasteiger partial charge is 0.872 e. The molecule has 0 aromatic heterocycles. The molecule has 0 fully saturated rings. The summed E-state index contributed by atoms with van der Waals surface area (Å²) >= 11 is 0. The molecule has 2 aromatic carbocycles. The molecule has 0 aliphatic heterocycles. The van der Waals surface area contributed by atoms with Crippen molar-refractivity contribution in [2.75, 3.05) is 27.2 Å². The van der Waals surface area contributed by atoms with Crippen molar-refractivity contribution in [2.24, 2.45) is 0 Å². The summed E-state index contributed by atoms with van der Waals surface area (Å²) < 4.78 is 0. The van der Waals surface area contributed by atoms with Gasteiger partial charge in [0.2, 0.25) is 0 Å². The third kappa shape index (κ3) is 8.23. The number of rotatable bonds is 7. The van der Waals surface area contributed by atoms with Gasteiger partial charge in [-0.2, -0.15) is 0 Å². The number of nitrogens with zero attached hydrogens (tertiary/aromatic N) is 2. The molecule has 214 valence electrons. The molecule has 0 radical (unpaired) electrons. The van der Waals surface area contributed by atoms with Crippen molar-refractivity contribution in [1.29, 1.82) is 0 Å². The molecule has 2 aromatic rings. The van der Waals surface area contributed by atoms with Crippen molar-refractivity contribution < 1.29 is 10.2 Å². The fourth-order valence-corrected chi connectivity index (χ4v) is 4.67. The zero-order valence-corrected chi connectivity index (χ0v) is 26.8. The van der Waals surface area contributed by atoms with E-state index in [1.54, 1.807) is 0 Å². The van der Waals surface area contributed by atoms with Crippen LogP contribution in [-0.4, -0.2) is 37.0 Å². The van der Waals surface area contributed by atoms with Gasteiger partial charge < -0.3 is 20.0 Å². The lowest BCUT2D eigenvalue weighted by atomic mass is 9.79. The molecule has 0 saturated carbocycles. The van der Waals surface area contributed by atoms with Crippen LogP contribution in [0.1, 0.15) is 116 Å². The topological polar surface area (TPSA) is 52.6 Å². The van der Waals surface area contributed by atoms with Crippen molar-refractivity contribution in [3.8, 4) is 11.5 Å². The van der Waals surface area contributed by atoms with E-state index in [0.29, 0.717) is 13.1 Å². The number of hydrogen-bond donors (Lipinski definition) is 0. The first-order valence-corrected chi connectivity index (χ1v) is 14.1. The molecule has 0 atom stereocenters. The summed E-state index contributed by atoms with van der Waals surface area (Å²) in [5, 5.41) is 26.8. The quantitative estimate of drug-likeness (QED) is 0.412. The zero-order chi connectivity index (χ0) is 29.4. The highest BCUT2D eigenvalue weighted by Crippen LogP contribution is 2.38. The Morgan fingerprint density at radius 1 is 0.500 bits per heavy atom. The fourth-order valence-electron chi connectivity index (χ4n) is 4.67. The van der Waals surface area contributed by atoms with E-state index in [-0.39, 0.29) is 33.2 Å². The number of hydrogen-bond acceptors (Lipinski definition) is 4. The predicted octanol–water partition coefficient (Wildman–Crippen LogP) is 6.59. The van der Waals surface area contributed by atoms with E-state index in [9.17, 15) is 10.2 Å². The van der Waals surface area contributed by atoms with Crippen LogP contribution in [0, 0.1) is 0 Å². The Bertz CT molecular complexity index is 1020. The van der Waals surface area contributed by atoms with Crippen LogP contribution in [0.5, 0.6) is 11.5 Å². The standard InChI is InChI=1S/C34H56N2O2/c1-31(2,3)25-17-23(29(37)27(19-25)33(7,8)9)21-35(13)15-16-36(14)22-24-18-26(32(4,5)6)20-28(30(24)38)34(10,11)12/h17-20,37-38H,15-16,21-22H2,1-14H3/p-2. The van der Waals surface area contributed by atoms with Crippen molar-refractivity contribution in [3.05, 3.63) is 57.6 Å². The second-order valence-corrected chi connectivity index (χ2v) is 15.5. The Hall–Kier alpha value is -2.04. The van der Waals surface area contributed by atoms with Gasteiger partial charge in [-0.1, -0.05) is 107 Å². The second kappa shape index (κ2) is 11.2. The lowest BCUT2D eigenvalue weighted by Gasteiger charge is -2.34. The zero-order valence-electron chi connectivity index (χ0n) is 26.8. The third-order valence-electron chi connectivity index (χ3n) is 7.42.